The second kappa shape index (κ2) is 5.48. The highest BCUT2D eigenvalue weighted by Gasteiger charge is 2.32. The van der Waals surface area contributed by atoms with Crippen molar-refractivity contribution in [3.63, 3.8) is 0 Å². The molecule has 21 heavy (non-hydrogen) atoms. The minimum absolute atomic E-state index is 0.180. The first kappa shape index (κ1) is 14.1. The Labute approximate surface area is 122 Å². The normalized spacial score (nSPS) is 26.4. The first-order valence-electron chi connectivity index (χ1n) is 7.37. The van der Waals surface area contributed by atoms with E-state index in [1.54, 1.807) is 6.07 Å². The molecule has 1 amide bonds. The Hall–Kier alpha value is -1.89. The van der Waals surface area contributed by atoms with Crippen molar-refractivity contribution in [1.82, 2.24) is 15.1 Å². The first-order valence-corrected chi connectivity index (χ1v) is 7.37. The molecular formula is C14H20N4O3. The van der Waals surface area contributed by atoms with Crippen LogP contribution < -0.4 is 5.73 Å². The molecule has 0 radical (unpaired) electrons. The number of carboxylic acids is 1. The smallest absolute Gasteiger partial charge is 0.308 e. The van der Waals surface area contributed by atoms with Crippen molar-refractivity contribution < 1.29 is 14.7 Å². The molecule has 0 spiro atoms. The number of nitrogens with one attached hydrogen (secondary N) is 1. The van der Waals surface area contributed by atoms with Crippen LogP contribution in [0.2, 0.25) is 0 Å². The fraction of sp³-hybridized carbons (Fsp3) is 0.643. The number of carbonyl (C=O) groups excluding carboxylic acids is 1. The Bertz CT molecular complexity index is 552. The zero-order chi connectivity index (χ0) is 15.0. The second-order valence-corrected chi connectivity index (χ2v) is 6.07. The standard InChI is InChI=1S/C14H20N4O3/c15-10-4-3-9(14(20)21)6-18(7-10)13(19)12-5-11(16-17-12)8-1-2-8/h5,8-10H,1-4,6-7,15H2,(H,16,17)(H,20,21)/t9-,10+/m0/s1. The zero-order valence-electron chi connectivity index (χ0n) is 11.8. The third kappa shape index (κ3) is 3.07. The number of amides is 1. The number of carbonyl (C=O) groups is 2. The molecule has 0 aromatic carbocycles. The van der Waals surface area contributed by atoms with Crippen molar-refractivity contribution in [2.45, 2.75) is 37.6 Å². The fourth-order valence-electron chi connectivity index (χ4n) is 2.80. The Balaban J connectivity index is 1.75. The molecule has 0 bridgehead atoms. The van der Waals surface area contributed by atoms with Crippen LogP contribution in [0.1, 0.15) is 47.8 Å². The summed E-state index contributed by atoms with van der Waals surface area (Å²) < 4.78 is 0. The molecule has 2 atom stereocenters. The van der Waals surface area contributed by atoms with Gasteiger partial charge in [-0.05, 0) is 31.7 Å². The van der Waals surface area contributed by atoms with E-state index >= 15 is 0 Å². The summed E-state index contributed by atoms with van der Waals surface area (Å²) in [7, 11) is 0. The van der Waals surface area contributed by atoms with Crippen LogP contribution in [0.5, 0.6) is 0 Å². The van der Waals surface area contributed by atoms with Gasteiger partial charge in [-0.15, -0.1) is 0 Å². The van der Waals surface area contributed by atoms with Crippen molar-refractivity contribution in [2.75, 3.05) is 13.1 Å². The maximum absolute atomic E-state index is 12.5. The molecule has 1 aromatic heterocycles. The molecule has 1 saturated heterocycles. The van der Waals surface area contributed by atoms with E-state index in [1.807, 2.05) is 0 Å². The summed E-state index contributed by atoms with van der Waals surface area (Å²) in [4.78, 5) is 25.3. The molecule has 1 aliphatic carbocycles. The summed E-state index contributed by atoms with van der Waals surface area (Å²) >= 11 is 0. The Kier molecular flexibility index (Phi) is 3.67. The van der Waals surface area contributed by atoms with E-state index in [9.17, 15) is 14.7 Å². The zero-order valence-corrected chi connectivity index (χ0v) is 11.8. The molecule has 1 aromatic rings. The number of aliphatic carboxylic acids is 1. The van der Waals surface area contributed by atoms with Gasteiger partial charge in [0.2, 0.25) is 0 Å². The molecule has 1 aliphatic heterocycles. The topological polar surface area (TPSA) is 112 Å². The highest BCUT2D eigenvalue weighted by molar-refractivity contribution is 5.92. The molecule has 1 saturated carbocycles. The minimum Gasteiger partial charge on any atom is -0.481 e. The number of aromatic nitrogens is 2. The SMILES string of the molecule is N[C@@H]1CC[C@H](C(=O)O)CN(C(=O)c2cc(C3CC3)[nH]n2)C1. The number of likely N-dealkylation sites (tertiary alicyclic amines) is 1. The van der Waals surface area contributed by atoms with Crippen molar-refractivity contribution >= 4 is 11.9 Å². The average Bonchev–Trinajstić information content (AvgIpc) is 3.21. The molecule has 2 fully saturated rings. The van der Waals surface area contributed by atoms with Crippen LogP contribution >= 0.6 is 0 Å². The third-order valence-corrected chi connectivity index (χ3v) is 4.25. The van der Waals surface area contributed by atoms with E-state index in [-0.39, 0.29) is 18.5 Å². The summed E-state index contributed by atoms with van der Waals surface area (Å²) in [5.74, 6) is -1.16. The van der Waals surface area contributed by atoms with Crippen LogP contribution in [0.4, 0.5) is 0 Å². The lowest BCUT2D eigenvalue weighted by Gasteiger charge is -2.23. The van der Waals surface area contributed by atoms with Gasteiger partial charge in [-0.3, -0.25) is 14.7 Å². The van der Waals surface area contributed by atoms with Crippen LogP contribution in [0.25, 0.3) is 0 Å². The predicted octanol–water partition coefficient (Wildman–Crippen LogP) is 0.551. The number of hydrogen-bond acceptors (Lipinski definition) is 4. The molecule has 2 heterocycles. The van der Waals surface area contributed by atoms with Gasteiger partial charge < -0.3 is 15.7 Å². The number of nitrogens with zero attached hydrogens (tertiary/aromatic N) is 2. The van der Waals surface area contributed by atoms with Crippen LogP contribution in [-0.4, -0.2) is 51.2 Å². The summed E-state index contributed by atoms with van der Waals surface area (Å²) in [5, 5.41) is 16.2. The van der Waals surface area contributed by atoms with Crippen LogP contribution in [0.15, 0.2) is 6.07 Å². The Morgan fingerprint density at radius 1 is 1.29 bits per heavy atom. The first-order chi connectivity index (χ1) is 10.0. The number of rotatable bonds is 3. The fourth-order valence-corrected chi connectivity index (χ4v) is 2.80. The van der Waals surface area contributed by atoms with Gasteiger partial charge in [-0.2, -0.15) is 5.10 Å². The van der Waals surface area contributed by atoms with Gasteiger partial charge >= 0.3 is 5.97 Å². The van der Waals surface area contributed by atoms with E-state index in [0.29, 0.717) is 31.0 Å². The number of aromatic amines is 1. The van der Waals surface area contributed by atoms with Gasteiger partial charge in [-0.25, -0.2) is 0 Å². The lowest BCUT2D eigenvalue weighted by atomic mass is 10.0. The van der Waals surface area contributed by atoms with E-state index in [4.69, 9.17) is 5.73 Å². The molecule has 4 N–H and O–H groups in total. The van der Waals surface area contributed by atoms with Gasteiger partial charge in [-0.1, -0.05) is 0 Å². The van der Waals surface area contributed by atoms with Crippen molar-refractivity contribution in [3.8, 4) is 0 Å². The van der Waals surface area contributed by atoms with E-state index in [0.717, 1.165) is 18.5 Å². The molecular weight excluding hydrogens is 272 g/mol. The quantitative estimate of drug-likeness (QED) is 0.753. The number of hydrogen-bond donors (Lipinski definition) is 3. The predicted molar refractivity (Wildman–Crippen MR) is 74.8 cm³/mol. The van der Waals surface area contributed by atoms with Gasteiger partial charge in [0.05, 0.1) is 5.92 Å². The molecule has 114 valence electrons. The van der Waals surface area contributed by atoms with Crippen LogP contribution in [0.3, 0.4) is 0 Å². The summed E-state index contributed by atoms with van der Waals surface area (Å²) in [6.07, 6.45) is 3.39. The Morgan fingerprint density at radius 3 is 2.71 bits per heavy atom. The summed E-state index contributed by atoms with van der Waals surface area (Å²) in [6, 6.07) is 1.60. The van der Waals surface area contributed by atoms with Crippen molar-refractivity contribution in [2.24, 2.45) is 11.7 Å². The monoisotopic (exact) mass is 292 g/mol. The molecule has 0 unspecified atom stereocenters. The average molecular weight is 292 g/mol. The molecule has 2 aliphatic rings. The lowest BCUT2D eigenvalue weighted by Crippen LogP contribution is -2.41. The lowest BCUT2D eigenvalue weighted by molar-refractivity contribution is -0.142. The van der Waals surface area contributed by atoms with Crippen molar-refractivity contribution in [3.05, 3.63) is 17.5 Å². The van der Waals surface area contributed by atoms with E-state index < -0.39 is 11.9 Å². The maximum Gasteiger partial charge on any atom is 0.308 e. The summed E-state index contributed by atoms with van der Waals surface area (Å²) in [6.45, 7) is 0.585. The highest BCUT2D eigenvalue weighted by atomic mass is 16.4. The minimum atomic E-state index is -0.873. The van der Waals surface area contributed by atoms with Gasteiger partial charge in [0.15, 0.2) is 0 Å². The van der Waals surface area contributed by atoms with E-state index in [2.05, 4.69) is 10.2 Å². The maximum atomic E-state index is 12.5. The number of nitrogens with two attached hydrogens (primary N) is 1. The van der Waals surface area contributed by atoms with E-state index in [1.165, 1.54) is 4.90 Å². The van der Waals surface area contributed by atoms with Crippen molar-refractivity contribution in [1.29, 1.82) is 0 Å². The molecule has 7 nitrogen and oxygen atoms in total. The number of H-pyrrole nitrogens is 1. The summed E-state index contributed by atoms with van der Waals surface area (Å²) in [5.41, 5.74) is 7.30. The highest BCUT2D eigenvalue weighted by Crippen LogP contribution is 2.39. The largest absolute Gasteiger partial charge is 0.481 e. The van der Waals surface area contributed by atoms with Gasteiger partial charge in [0.1, 0.15) is 5.69 Å². The van der Waals surface area contributed by atoms with Gasteiger partial charge in [0.25, 0.3) is 5.91 Å². The second-order valence-electron chi connectivity index (χ2n) is 6.07. The Morgan fingerprint density at radius 2 is 2.05 bits per heavy atom. The molecule has 3 rings (SSSR count). The number of carboxylic acid groups (broad SMARTS) is 1. The third-order valence-electron chi connectivity index (χ3n) is 4.25. The molecule has 7 heteroatoms. The van der Waals surface area contributed by atoms with Gasteiger partial charge in [0, 0.05) is 30.7 Å². The van der Waals surface area contributed by atoms with Crippen LogP contribution in [0, 0.1) is 5.92 Å². The van der Waals surface area contributed by atoms with Crippen LogP contribution in [-0.2, 0) is 4.79 Å².